The number of hydrazine groups is 1. The Bertz CT molecular complexity index is 899. The average Bonchev–Trinajstić information content (AvgIpc) is 2.85. The first kappa shape index (κ1) is 19.3. The predicted molar refractivity (Wildman–Crippen MR) is 109 cm³/mol. The minimum Gasteiger partial charge on any atom is -0.356 e. The van der Waals surface area contributed by atoms with Crippen LogP contribution in [0, 0.1) is 0 Å². The van der Waals surface area contributed by atoms with Crippen molar-refractivity contribution in [3.05, 3.63) is 75.9 Å². The van der Waals surface area contributed by atoms with Gasteiger partial charge in [0.1, 0.15) is 5.60 Å². The summed E-state index contributed by atoms with van der Waals surface area (Å²) >= 11 is 12.3. The molecule has 0 spiro atoms. The predicted octanol–water partition coefficient (Wildman–Crippen LogP) is 4.80. The fourth-order valence-electron chi connectivity index (χ4n) is 3.72. The number of hydrogen-bond donors (Lipinski definition) is 1. The molecule has 1 saturated heterocycles. The number of nitrogens with zero attached hydrogens (tertiary/aromatic N) is 1. The summed E-state index contributed by atoms with van der Waals surface area (Å²) in [6, 6.07) is 14.9. The number of methoxy groups -OCH3 is 1. The minimum atomic E-state index is -0.799. The Labute approximate surface area is 173 Å². The second-order valence-corrected chi connectivity index (χ2v) is 7.67. The molecule has 1 fully saturated rings. The largest absolute Gasteiger partial charge is 0.356 e. The van der Waals surface area contributed by atoms with Gasteiger partial charge in [-0.2, -0.15) is 0 Å². The molecule has 2 aromatic rings. The van der Waals surface area contributed by atoms with Crippen molar-refractivity contribution in [3.63, 3.8) is 0 Å². The highest BCUT2D eigenvalue weighted by Crippen LogP contribution is 2.44. The van der Waals surface area contributed by atoms with Gasteiger partial charge in [0.05, 0.1) is 11.4 Å². The van der Waals surface area contributed by atoms with Gasteiger partial charge in [-0.3, -0.25) is 10.2 Å². The van der Waals surface area contributed by atoms with Crippen molar-refractivity contribution in [2.45, 2.75) is 31.2 Å². The quantitative estimate of drug-likeness (QED) is 0.777. The topological polar surface area (TPSA) is 50.8 Å². The molecular weight excluding hydrogens is 399 g/mol. The highest BCUT2D eigenvalue weighted by atomic mass is 35.5. The van der Waals surface area contributed by atoms with Crippen LogP contribution >= 0.6 is 23.2 Å². The van der Waals surface area contributed by atoms with E-state index in [-0.39, 0.29) is 18.6 Å². The lowest BCUT2D eigenvalue weighted by Gasteiger charge is -2.41. The van der Waals surface area contributed by atoms with Crippen LogP contribution in [-0.2, 0) is 19.9 Å². The van der Waals surface area contributed by atoms with Crippen LogP contribution in [0.5, 0.6) is 0 Å². The zero-order valence-electron chi connectivity index (χ0n) is 15.3. The lowest BCUT2D eigenvalue weighted by Crippen LogP contribution is -2.48. The van der Waals surface area contributed by atoms with Crippen molar-refractivity contribution in [2.24, 2.45) is 0 Å². The summed E-state index contributed by atoms with van der Waals surface area (Å²) in [7, 11) is 1.62. The van der Waals surface area contributed by atoms with Crippen molar-refractivity contribution in [2.75, 3.05) is 12.1 Å². The lowest BCUT2D eigenvalue weighted by molar-refractivity contribution is -0.200. The first-order chi connectivity index (χ1) is 13.5. The van der Waals surface area contributed by atoms with E-state index in [1.807, 2.05) is 36.4 Å². The van der Waals surface area contributed by atoms with Crippen molar-refractivity contribution in [3.8, 4) is 0 Å². The molecule has 28 heavy (non-hydrogen) atoms. The van der Waals surface area contributed by atoms with Gasteiger partial charge in [0.15, 0.2) is 6.29 Å². The molecule has 1 N–H and O–H groups in total. The van der Waals surface area contributed by atoms with Gasteiger partial charge in [0.2, 0.25) is 5.91 Å². The fourth-order valence-corrected chi connectivity index (χ4v) is 4.23. The van der Waals surface area contributed by atoms with Crippen LogP contribution in [0.15, 0.2) is 60.3 Å². The maximum atomic E-state index is 13.0. The second kappa shape index (κ2) is 7.76. The smallest absolute Gasteiger partial charge is 0.245 e. The molecule has 2 aromatic carbocycles. The molecule has 7 heteroatoms. The monoisotopic (exact) mass is 418 g/mol. The number of hydrogen-bond acceptors (Lipinski definition) is 4. The van der Waals surface area contributed by atoms with Crippen LogP contribution in [-0.4, -0.2) is 19.3 Å². The first-order valence-electron chi connectivity index (χ1n) is 9.04. The van der Waals surface area contributed by atoms with Gasteiger partial charge in [0.25, 0.3) is 0 Å². The van der Waals surface area contributed by atoms with E-state index in [0.29, 0.717) is 28.6 Å². The molecule has 0 bridgehead atoms. The molecule has 5 nitrogen and oxygen atoms in total. The van der Waals surface area contributed by atoms with Crippen molar-refractivity contribution in [1.29, 1.82) is 0 Å². The van der Waals surface area contributed by atoms with E-state index < -0.39 is 5.60 Å². The summed E-state index contributed by atoms with van der Waals surface area (Å²) in [5.41, 5.74) is 4.82. The number of anilines is 1. The van der Waals surface area contributed by atoms with E-state index >= 15 is 0 Å². The zero-order chi connectivity index (χ0) is 19.7. The highest BCUT2D eigenvalue weighted by molar-refractivity contribution is 6.35. The molecule has 0 radical (unpaired) electrons. The number of carbonyl (C=O) groups is 1. The third-order valence-electron chi connectivity index (χ3n) is 5.06. The minimum absolute atomic E-state index is 0.0958. The highest BCUT2D eigenvalue weighted by Gasteiger charge is 2.46. The third kappa shape index (κ3) is 3.51. The average molecular weight is 419 g/mol. The number of fused-ring (bicyclic) bond motifs is 1. The van der Waals surface area contributed by atoms with E-state index in [4.69, 9.17) is 32.7 Å². The van der Waals surface area contributed by atoms with Gasteiger partial charge in [-0.25, -0.2) is 5.01 Å². The van der Waals surface area contributed by atoms with Crippen molar-refractivity contribution >= 4 is 34.8 Å². The van der Waals surface area contributed by atoms with Crippen LogP contribution in [0.2, 0.25) is 10.0 Å². The normalized spacial score (nSPS) is 24.8. The SMILES string of the molecule is CO[C@@H]1CC=C2NN(c3cc(Cl)cc(Cl)c3)C(=O)CC[C@]2(c2ccccc2)O1. The number of nitrogens with one attached hydrogen (secondary N) is 1. The molecule has 4 rings (SSSR count). The zero-order valence-corrected chi connectivity index (χ0v) is 16.8. The summed E-state index contributed by atoms with van der Waals surface area (Å²) in [5.74, 6) is -0.0958. The number of halogens is 2. The Hall–Kier alpha value is -2.05. The summed E-state index contributed by atoms with van der Waals surface area (Å²) in [4.78, 5) is 13.0. The summed E-state index contributed by atoms with van der Waals surface area (Å²) in [6.07, 6.45) is 2.99. The van der Waals surface area contributed by atoms with Crippen molar-refractivity contribution in [1.82, 2.24) is 5.43 Å². The second-order valence-electron chi connectivity index (χ2n) is 6.80. The Morgan fingerprint density at radius 2 is 1.89 bits per heavy atom. The number of ether oxygens (including phenoxy) is 2. The molecule has 146 valence electrons. The standard InChI is InChI=1S/C21H20Cl2N2O3/c1-27-20-8-7-18-21(28-20,14-5-3-2-4-6-14)10-9-19(26)25(24-18)17-12-15(22)11-16(23)13-17/h2-7,11-13,20,24H,8-10H2,1H3/t20-,21+/m0/s1. The maximum Gasteiger partial charge on any atom is 0.245 e. The summed E-state index contributed by atoms with van der Waals surface area (Å²) < 4.78 is 11.9. The molecule has 0 aromatic heterocycles. The molecule has 0 unspecified atom stereocenters. The van der Waals surface area contributed by atoms with E-state index in [2.05, 4.69) is 5.43 Å². The molecule has 2 atom stereocenters. The molecule has 2 aliphatic heterocycles. The van der Waals surface area contributed by atoms with Crippen molar-refractivity contribution < 1.29 is 14.3 Å². The van der Waals surface area contributed by atoms with E-state index in [9.17, 15) is 4.79 Å². The molecule has 0 aliphatic carbocycles. The van der Waals surface area contributed by atoms with E-state index in [0.717, 1.165) is 11.3 Å². The molecule has 0 saturated carbocycles. The van der Waals surface area contributed by atoms with Gasteiger partial charge >= 0.3 is 0 Å². The van der Waals surface area contributed by atoms with E-state index in [1.54, 1.807) is 25.3 Å². The molecular formula is C21H20Cl2N2O3. The van der Waals surface area contributed by atoms with Gasteiger partial charge in [-0.15, -0.1) is 0 Å². The third-order valence-corrected chi connectivity index (χ3v) is 5.50. The van der Waals surface area contributed by atoms with Gasteiger partial charge < -0.3 is 9.47 Å². The number of rotatable bonds is 3. The Morgan fingerprint density at radius 1 is 1.18 bits per heavy atom. The maximum absolute atomic E-state index is 13.0. The lowest BCUT2D eigenvalue weighted by atomic mass is 9.84. The van der Waals surface area contributed by atoms with E-state index in [1.165, 1.54) is 5.01 Å². The molecule has 2 aliphatic rings. The summed E-state index contributed by atoms with van der Waals surface area (Å²) in [6.45, 7) is 0. The Kier molecular flexibility index (Phi) is 5.34. The first-order valence-corrected chi connectivity index (χ1v) is 9.80. The van der Waals surface area contributed by atoms with Crippen LogP contribution in [0.25, 0.3) is 0 Å². The van der Waals surface area contributed by atoms with Crippen LogP contribution in [0.3, 0.4) is 0 Å². The van der Waals surface area contributed by atoms with Crippen LogP contribution in [0.4, 0.5) is 5.69 Å². The molecule has 2 heterocycles. The number of amides is 1. The number of carbonyl (C=O) groups excluding carboxylic acids is 1. The van der Waals surface area contributed by atoms with Gasteiger partial charge in [-0.05, 0) is 30.2 Å². The summed E-state index contributed by atoms with van der Waals surface area (Å²) in [5, 5.41) is 2.41. The Balaban J connectivity index is 1.78. The van der Waals surface area contributed by atoms with Crippen LogP contribution in [0.1, 0.15) is 24.8 Å². The Morgan fingerprint density at radius 3 is 2.57 bits per heavy atom. The molecule has 1 amide bonds. The number of benzene rings is 2. The van der Waals surface area contributed by atoms with Gasteiger partial charge in [0, 0.05) is 30.0 Å². The fraction of sp³-hybridized carbons (Fsp3) is 0.286. The van der Waals surface area contributed by atoms with Gasteiger partial charge in [-0.1, -0.05) is 59.6 Å². The van der Waals surface area contributed by atoms with Crippen LogP contribution < -0.4 is 10.4 Å².